The third kappa shape index (κ3) is 1.29. The van der Waals surface area contributed by atoms with Gasteiger partial charge in [-0.15, -0.1) is 0 Å². The molecule has 0 saturated carbocycles. The van der Waals surface area contributed by atoms with Crippen molar-refractivity contribution in [2.75, 3.05) is 0 Å². The maximum absolute atomic E-state index is 13.6. The fraction of sp³-hybridized carbons (Fsp3) is 0.300. The quantitative estimate of drug-likeness (QED) is 0.530. The van der Waals surface area contributed by atoms with Gasteiger partial charge in [-0.2, -0.15) is 0 Å². The van der Waals surface area contributed by atoms with Gasteiger partial charge in [0.1, 0.15) is 0 Å². The van der Waals surface area contributed by atoms with Crippen LogP contribution in [0.15, 0.2) is 18.2 Å². The van der Waals surface area contributed by atoms with Crippen molar-refractivity contribution in [3.05, 3.63) is 34.9 Å². The fourth-order valence-electron chi connectivity index (χ4n) is 1.65. The van der Waals surface area contributed by atoms with Gasteiger partial charge in [0.05, 0.1) is 0 Å². The van der Waals surface area contributed by atoms with E-state index in [2.05, 4.69) is 0 Å². The summed E-state index contributed by atoms with van der Waals surface area (Å²) in [6.07, 6.45) is 0.217. The molecule has 1 nitrogen and oxygen atoms in total. The average Bonchev–Trinajstić information content (AvgIpc) is 2.28. The van der Waals surface area contributed by atoms with Crippen LogP contribution in [0.4, 0.5) is 4.39 Å². The predicted molar refractivity (Wildman–Crippen MR) is 57.1 cm³/mol. The zero-order valence-electron chi connectivity index (χ0n) is 7.10. The molecule has 2 rings (SSSR count). The summed E-state index contributed by atoms with van der Waals surface area (Å²) in [5.41, 5.74) is 2.42. The molecule has 3 heteroatoms. The van der Waals surface area contributed by atoms with Gasteiger partial charge < -0.3 is 0 Å². The van der Waals surface area contributed by atoms with Crippen molar-refractivity contribution in [2.45, 2.75) is 17.0 Å². The van der Waals surface area contributed by atoms with Crippen LogP contribution in [0.3, 0.4) is 0 Å². The molecule has 0 N–H and O–H groups in total. The largest absolute Gasteiger partial charge is 0.290 e. The smallest absolute Gasteiger partial charge is 0.227 e. The summed E-state index contributed by atoms with van der Waals surface area (Å²) in [6, 6.07) is 5.40. The number of carbonyl (C=O) groups is 1. The lowest BCUT2D eigenvalue weighted by molar-refractivity contribution is 0.0882. The van der Waals surface area contributed by atoms with E-state index in [-0.39, 0.29) is 12.2 Å². The van der Waals surface area contributed by atoms with Crippen LogP contribution in [0.25, 0.3) is 0 Å². The minimum atomic E-state index is -1.72. The highest BCUT2D eigenvalue weighted by molar-refractivity contribution is 14.1. The lowest BCUT2D eigenvalue weighted by atomic mass is 10.1. The normalized spacial score (nSPS) is 26.2. The summed E-state index contributed by atoms with van der Waals surface area (Å²) in [6.45, 7) is 1.91. The molecule has 0 amide bonds. The first-order valence-electron chi connectivity index (χ1n) is 4.03. The molecule has 1 aromatic carbocycles. The summed E-state index contributed by atoms with van der Waals surface area (Å²) in [4.78, 5) is 11.5. The van der Waals surface area contributed by atoms with Crippen molar-refractivity contribution in [3.8, 4) is 0 Å². The minimum Gasteiger partial charge on any atom is -0.290 e. The number of carbonyl (C=O) groups excluding carboxylic acids is 1. The number of alkyl halides is 2. The number of aryl methyl sites for hydroxylation is 1. The van der Waals surface area contributed by atoms with Crippen molar-refractivity contribution in [3.63, 3.8) is 0 Å². The van der Waals surface area contributed by atoms with E-state index < -0.39 is 3.68 Å². The third-order valence-electron chi connectivity index (χ3n) is 2.39. The van der Waals surface area contributed by atoms with E-state index in [4.69, 9.17) is 0 Å². The first-order chi connectivity index (χ1) is 6.02. The number of benzene rings is 1. The molecule has 1 unspecified atom stereocenters. The number of rotatable bonds is 0. The highest BCUT2D eigenvalue weighted by Gasteiger charge is 2.44. The van der Waals surface area contributed by atoms with Crippen LogP contribution in [-0.2, 0) is 6.42 Å². The van der Waals surface area contributed by atoms with E-state index in [1.165, 1.54) is 0 Å². The van der Waals surface area contributed by atoms with Crippen LogP contribution in [0, 0.1) is 6.92 Å². The average molecular weight is 290 g/mol. The number of hydrogen-bond acceptors (Lipinski definition) is 1. The van der Waals surface area contributed by atoms with Crippen molar-refractivity contribution in [1.82, 2.24) is 0 Å². The lowest BCUT2D eigenvalue weighted by Crippen LogP contribution is -2.21. The monoisotopic (exact) mass is 290 g/mol. The summed E-state index contributed by atoms with van der Waals surface area (Å²) in [5, 5.41) is 0. The Morgan fingerprint density at radius 3 is 2.85 bits per heavy atom. The van der Waals surface area contributed by atoms with E-state index in [0.29, 0.717) is 5.56 Å². The van der Waals surface area contributed by atoms with Crippen LogP contribution in [0.5, 0.6) is 0 Å². The molecule has 0 heterocycles. The van der Waals surface area contributed by atoms with E-state index in [1.54, 1.807) is 34.7 Å². The molecule has 0 saturated heterocycles. The Hall–Kier alpha value is -0.450. The molecule has 1 aromatic rings. The van der Waals surface area contributed by atoms with Gasteiger partial charge in [-0.3, -0.25) is 4.79 Å². The molecule has 68 valence electrons. The molecule has 0 bridgehead atoms. The maximum atomic E-state index is 13.6. The second kappa shape index (κ2) is 2.77. The Kier molecular flexibility index (Phi) is 1.94. The first kappa shape index (κ1) is 9.12. The second-order valence-electron chi connectivity index (χ2n) is 3.31. The number of halogens is 2. The lowest BCUT2D eigenvalue weighted by Gasteiger charge is -2.05. The molecule has 0 radical (unpaired) electrons. The topological polar surface area (TPSA) is 17.1 Å². The van der Waals surface area contributed by atoms with E-state index in [9.17, 15) is 9.18 Å². The van der Waals surface area contributed by atoms with Gasteiger partial charge in [0, 0.05) is 12.0 Å². The van der Waals surface area contributed by atoms with E-state index >= 15 is 0 Å². The standard InChI is InChI=1S/C10H8FIO/c1-6-3-2-4-7-8(6)5-10(11,12)9(7)13/h2-4H,5H2,1H3. The zero-order valence-corrected chi connectivity index (χ0v) is 9.26. The Morgan fingerprint density at radius 1 is 1.54 bits per heavy atom. The highest BCUT2D eigenvalue weighted by Crippen LogP contribution is 2.39. The number of Topliss-reactive ketones (excluding diaryl/α,β-unsaturated/α-hetero) is 1. The van der Waals surface area contributed by atoms with Crippen molar-refractivity contribution in [1.29, 1.82) is 0 Å². The summed E-state index contributed by atoms with van der Waals surface area (Å²) >= 11 is 1.59. The third-order valence-corrected chi connectivity index (χ3v) is 3.26. The van der Waals surface area contributed by atoms with Gasteiger partial charge in [-0.1, -0.05) is 18.2 Å². The molecule has 0 aromatic heterocycles. The molecular formula is C10H8FIO. The van der Waals surface area contributed by atoms with Gasteiger partial charge in [-0.25, -0.2) is 4.39 Å². The number of hydrogen-bond donors (Lipinski definition) is 0. The predicted octanol–water partition coefficient (Wildman–Crippen LogP) is 2.83. The van der Waals surface area contributed by atoms with E-state index in [1.807, 2.05) is 13.0 Å². The molecule has 0 fully saturated rings. The summed E-state index contributed by atoms with van der Waals surface area (Å²) in [7, 11) is 0. The molecule has 1 aliphatic carbocycles. The van der Waals surface area contributed by atoms with Crippen molar-refractivity contribution in [2.24, 2.45) is 0 Å². The van der Waals surface area contributed by atoms with Gasteiger partial charge in [0.25, 0.3) is 0 Å². The number of fused-ring (bicyclic) bond motifs is 1. The molecule has 1 aliphatic rings. The van der Waals surface area contributed by atoms with Gasteiger partial charge in [-0.05, 0) is 40.6 Å². The Balaban J connectivity index is 2.63. The SMILES string of the molecule is Cc1cccc2c1CC(F)(I)C2=O. The molecule has 0 spiro atoms. The van der Waals surface area contributed by atoms with Crippen LogP contribution in [0.2, 0.25) is 0 Å². The van der Waals surface area contributed by atoms with Crippen molar-refractivity contribution < 1.29 is 9.18 Å². The highest BCUT2D eigenvalue weighted by atomic mass is 127. The van der Waals surface area contributed by atoms with Crippen molar-refractivity contribution >= 4 is 28.4 Å². The van der Waals surface area contributed by atoms with Gasteiger partial charge in [0.2, 0.25) is 9.46 Å². The zero-order chi connectivity index (χ0) is 9.64. The molecular weight excluding hydrogens is 282 g/mol. The van der Waals surface area contributed by atoms with Crippen LogP contribution in [-0.4, -0.2) is 9.46 Å². The summed E-state index contributed by atoms with van der Waals surface area (Å²) in [5.74, 6) is -0.383. The Morgan fingerprint density at radius 2 is 2.23 bits per heavy atom. The van der Waals surface area contributed by atoms with Crippen LogP contribution in [0.1, 0.15) is 21.5 Å². The van der Waals surface area contributed by atoms with E-state index in [0.717, 1.165) is 11.1 Å². The Labute approximate surface area is 89.5 Å². The maximum Gasteiger partial charge on any atom is 0.227 e. The number of ketones is 1. The second-order valence-corrected chi connectivity index (χ2v) is 5.02. The summed E-state index contributed by atoms with van der Waals surface area (Å²) < 4.78 is 11.9. The van der Waals surface area contributed by atoms with Crippen LogP contribution >= 0.6 is 22.6 Å². The first-order valence-corrected chi connectivity index (χ1v) is 5.11. The molecule has 1 atom stereocenters. The fourth-order valence-corrected chi connectivity index (χ4v) is 2.32. The van der Waals surface area contributed by atoms with Gasteiger partial charge in [0.15, 0.2) is 0 Å². The Bertz CT molecular complexity index is 385. The molecule has 13 heavy (non-hydrogen) atoms. The van der Waals surface area contributed by atoms with Gasteiger partial charge >= 0.3 is 0 Å². The minimum absolute atomic E-state index is 0.217. The molecule has 0 aliphatic heterocycles. The van der Waals surface area contributed by atoms with Crippen LogP contribution < -0.4 is 0 Å².